The van der Waals surface area contributed by atoms with Gasteiger partial charge in [-0.2, -0.15) is 0 Å². The van der Waals surface area contributed by atoms with E-state index in [1.807, 2.05) is 37.7 Å². The Morgan fingerprint density at radius 3 is 2.53 bits per heavy atom. The molecule has 1 heterocycles. The molecule has 0 bridgehead atoms. The predicted octanol–water partition coefficient (Wildman–Crippen LogP) is 1.93. The molecule has 188 valence electrons. The van der Waals surface area contributed by atoms with Crippen LogP contribution >= 0.6 is 0 Å². The quantitative estimate of drug-likeness (QED) is 0.701. The molecule has 0 spiro atoms. The largest absolute Gasteiger partial charge is 0.491 e. The third-order valence-corrected chi connectivity index (χ3v) is 6.43. The van der Waals surface area contributed by atoms with E-state index in [0.29, 0.717) is 36.6 Å². The molecule has 3 rings (SSSR count). The number of carbonyl (C=O) groups excluding carboxylic acids is 3. The molecule has 3 amide bonds. The lowest BCUT2D eigenvalue weighted by Crippen LogP contribution is -2.50. The number of nitrogens with zero attached hydrogens (tertiary/aromatic N) is 3. The second kappa shape index (κ2) is 11.2. The topological polar surface area (TPSA) is 91.4 Å². The summed E-state index contributed by atoms with van der Waals surface area (Å²) in [5.41, 5.74) is 0.943. The second-order valence-corrected chi connectivity index (χ2v) is 9.86. The van der Waals surface area contributed by atoms with Crippen molar-refractivity contribution in [2.24, 2.45) is 11.8 Å². The van der Waals surface area contributed by atoms with Crippen molar-refractivity contribution in [3.05, 3.63) is 23.8 Å². The molecular formula is C25H38N4O5. The van der Waals surface area contributed by atoms with Crippen LogP contribution in [0.25, 0.3) is 0 Å². The number of rotatable bonds is 5. The summed E-state index contributed by atoms with van der Waals surface area (Å²) in [6.07, 6.45) is 1.55. The van der Waals surface area contributed by atoms with E-state index in [-0.39, 0.29) is 48.3 Å². The Morgan fingerprint density at radius 1 is 1.21 bits per heavy atom. The van der Waals surface area contributed by atoms with Crippen molar-refractivity contribution in [3.63, 3.8) is 0 Å². The van der Waals surface area contributed by atoms with Gasteiger partial charge >= 0.3 is 0 Å². The first-order valence-corrected chi connectivity index (χ1v) is 11.9. The minimum absolute atomic E-state index is 0.00289. The zero-order valence-electron chi connectivity index (χ0n) is 21.2. The molecule has 1 N–H and O–H groups in total. The van der Waals surface area contributed by atoms with Gasteiger partial charge in [-0.25, -0.2) is 0 Å². The van der Waals surface area contributed by atoms with Gasteiger partial charge in [0, 0.05) is 44.8 Å². The Kier molecular flexibility index (Phi) is 8.54. The summed E-state index contributed by atoms with van der Waals surface area (Å²) in [6.45, 7) is 5.37. The monoisotopic (exact) mass is 474 g/mol. The maximum Gasteiger partial charge on any atom is 0.257 e. The Bertz CT molecular complexity index is 901. The van der Waals surface area contributed by atoms with Crippen LogP contribution in [-0.2, 0) is 14.3 Å². The van der Waals surface area contributed by atoms with Crippen LogP contribution in [0.15, 0.2) is 18.2 Å². The summed E-state index contributed by atoms with van der Waals surface area (Å²) in [6, 6.07) is 4.93. The molecular weight excluding hydrogens is 436 g/mol. The minimum Gasteiger partial charge on any atom is -0.491 e. The lowest BCUT2D eigenvalue weighted by atomic mass is 10.0. The fraction of sp³-hybridized carbons (Fsp3) is 0.640. The summed E-state index contributed by atoms with van der Waals surface area (Å²) in [4.78, 5) is 44.0. The normalized spacial score (nSPS) is 24.1. The molecule has 1 aliphatic carbocycles. The van der Waals surface area contributed by atoms with Gasteiger partial charge in [-0.1, -0.05) is 6.92 Å². The van der Waals surface area contributed by atoms with Crippen LogP contribution < -0.4 is 10.1 Å². The van der Waals surface area contributed by atoms with E-state index in [1.165, 1.54) is 0 Å². The van der Waals surface area contributed by atoms with Gasteiger partial charge in [0.05, 0.1) is 24.3 Å². The van der Waals surface area contributed by atoms with E-state index in [4.69, 9.17) is 9.47 Å². The smallest absolute Gasteiger partial charge is 0.257 e. The third-order valence-electron chi connectivity index (χ3n) is 6.43. The fourth-order valence-corrected chi connectivity index (χ4v) is 4.15. The van der Waals surface area contributed by atoms with Gasteiger partial charge in [0.2, 0.25) is 11.8 Å². The number of benzene rings is 1. The molecule has 1 aliphatic heterocycles. The van der Waals surface area contributed by atoms with Gasteiger partial charge in [-0.3, -0.25) is 14.4 Å². The van der Waals surface area contributed by atoms with Crippen molar-refractivity contribution in [1.82, 2.24) is 14.7 Å². The summed E-state index contributed by atoms with van der Waals surface area (Å²) < 4.78 is 11.8. The Labute approximate surface area is 202 Å². The lowest BCUT2D eigenvalue weighted by molar-refractivity contribution is -0.136. The van der Waals surface area contributed by atoms with Crippen molar-refractivity contribution in [2.45, 2.75) is 38.8 Å². The number of hydrogen-bond donors (Lipinski definition) is 1. The SMILES string of the molecule is CO[C@@H]1CN(C)C(=O)c2cc(NC(=O)C3CC3)ccc2OC[C@@H](C)N(C(=O)CN(C)C)C[C@@H]1C. The zero-order chi connectivity index (χ0) is 25.0. The van der Waals surface area contributed by atoms with E-state index in [9.17, 15) is 14.4 Å². The van der Waals surface area contributed by atoms with Crippen LogP contribution in [0, 0.1) is 11.8 Å². The first-order valence-electron chi connectivity index (χ1n) is 11.9. The standard InChI is InChI=1S/C25H38N4O5/c1-16-12-29(23(30)14-27(3)4)17(2)15-34-21-10-9-19(26-24(31)18-7-8-18)11-20(21)25(32)28(5)13-22(16)33-6/h9-11,16-18,22H,7-8,12-15H2,1-6H3,(H,26,31)/t16-,17+,22+/m0/s1. The van der Waals surface area contributed by atoms with Crippen LogP contribution in [0.4, 0.5) is 5.69 Å². The van der Waals surface area contributed by atoms with Crippen molar-refractivity contribution < 1.29 is 23.9 Å². The molecule has 9 nitrogen and oxygen atoms in total. The van der Waals surface area contributed by atoms with Crippen molar-refractivity contribution >= 4 is 23.4 Å². The zero-order valence-corrected chi connectivity index (χ0v) is 21.2. The van der Waals surface area contributed by atoms with E-state index >= 15 is 0 Å². The first kappa shape index (κ1) is 26.0. The lowest BCUT2D eigenvalue weighted by Gasteiger charge is -2.36. The predicted molar refractivity (Wildman–Crippen MR) is 130 cm³/mol. The molecule has 0 radical (unpaired) electrons. The van der Waals surface area contributed by atoms with Crippen molar-refractivity contribution in [1.29, 1.82) is 0 Å². The molecule has 3 atom stereocenters. The number of amides is 3. The summed E-state index contributed by atoms with van der Waals surface area (Å²) in [5, 5.41) is 2.90. The van der Waals surface area contributed by atoms with Crippen LogP contribution in [0.5, 0.6) is 5.75 Å². The Balaban J connectivity index is 1.92. The maximum absolute atomic E-state index is 13.4. The number of carbonyl (C=O) groups is 3. The minimum atomic E-state index is -0.252. The molecule has 1 aromatic carbocycles. The number of nitrogens with one attached hydrogen (secondary N) is 1. The van der Waals surface area contributed by atoms with Crippen LogP contribution in [-0.4, -0.2) is 99.1 Å². The number of hydrogen-bond acceptors (Lipinski definition) is 6. The molecule has 1 fully saturated rings. The first-order chi connectivity index (χ1) is 16.1. The fourth-order valence-electron chi connectivity index (χ4n) is 4.15. The molecule has 2 aliphatic rings. The average molecular weight is 475 g/mol. The van der Waals surface area contributed by atoms with Gasteiger partial charge in [0.1, 0.15) is 12.4 Å². The maximum atomic E-state index is 13.4. The second-order valence-electron chi connectivity index (χ2n) is 9.86. The van der Waals surface area contributed by atoms with Gasteiger partial charge in [-0.05, 0) is 52.1 Å². The summed E-state index contributed by atoms with van der Waals surface area (Å²) in [7, 11) is 7.09. The summed E-state index contributed by atoms with van der Waals surface area (Å²) >= 11 is 0. The highest BCUT2D eigenvalue weighted by atomic mass is 16.5. The van der Waals surface area contributed by atoms with Gasteiger partial charge in [0.25, 0.3) is 5.91 Å². The van der Waals surface area contributed by atoms with E-state index in [1.54, 1.807) is 37.3 Å². The molecule has 1 aromatic rings. The number of ether oxygens (including phenoxy) is 2. The average Bonchev–Trinajstić information content (AvgIpc) is 3.63. The third kappa shape index (κ3) is 6.48. The molecule has 1 saturated carbocycles. The highest BCUT2D eigenvalue weighted by Crippen LogP contribution is 2.31. The Hall–Kier alpha value is -2.65. The van der Waals surface area contributed by atoms with Gasteiger partial charge < -0.3 is 29.5 Å². The van der Waals surface area contributed by atoms with E-state index in [0.717, 1.165) is 12.8 Å². The number of methoxy groups -OCH3 is 1. The highest BCUT2D eigenvalue weighted by Gasteiger charge is 2.32. The number of fused-ring (bicyclic) bond motifs is 1. The van der Waals surface area contributed by atoms with Crippen molar-refractivity contribution in [2.75, 3.05) is 59.8 Å². The Morgan fingerprint density at radius 2 is 1.91 bits per heavy atom. The van der Waals surface area contributed by atoms with E-state index < -0.39 is 0 Å². The number of anilines is 1. The van der Waals surface area contributed by atoms with Crippen LogP contribution in [0.3, 0.4) is 0 Å². The van der Waals surface area contributed by atoms with Crippen molar-refractivity contribution in [3.8, 4) is 5.75 Å². The molecule has 0 saturated heterocycles. The molecule has 9 heteroatoms. The van der Waals surface area contributed by atoms with Crippen LogP contribution in [0.2, 0.25) is 0 Å². The molecule has 0 aromatic heterocycles. The molecule has 0 unspecified atom stereocenters. The highest BCUT2D eigenvalue weighted by molar-refractivity contribution is 6.00. The van der Waals surface area contributed by atoms with Crippen LogP contribution in [0.1, 0.15) is 37.0 Å². The molecule has 34 heavy (non-hydrogen) atoms. The summed E-state index contributed by atoms with van der Waals surface area (Å²) in [5.74, 6) is 0.272. The van der Waals surface area contributed by atoms with E-state index in [2.05, 4.69) is 5.32 Å². The van der Waals surface area contributed by atoms with Gasteiger partial charge in [0.15, 0.2) is 0 Å². The van der Waals surface area contributed by atoms with Gasteiger partial charge in [-0.15, -0.1) is 0 Å². The number of likely N-dealkylation sites (N-methyl/N-ethyl adjacent to an activating group) is 2.